The van der Waals surface area contributed by atoms with Crippen molar-refractivity contribution < 1.29 is 19.1 Å². The maximum atomic E-state index is 12.6. The summed E-state index contributed by atoms with van der Waals surface area (Å²) < 4.78 is 5.53. The van der Waals surface area contributed by atoms with Crippen LogP contribution in [-0.2, 0) is 11.3 Å². The van der Waals surface area contributed by atoms with E-state index in [2.05, 4.69) is 0 Å². The van der Waals surface area contributed by atoms with Gasteiger partial charge in [-0.25, -0.2) is 0 Å². The number of ketones is 1. The van der Waals surface area contributed by atoms with Gasteiger partial charge in [0.25, 0.3) is 5.91 Å². The van der Waals surface area contributed by atoms with Crippen LogP contribution in [0.15, 0.2) is 48.5 Å². The molecule has 2 aromatic carbocycles. The molecule has 0 aliphatic rings. The van der Waals surface area contributed by atoms with Crippen LogP contribution in [0.5, 0.6) is 5.75 Å². The first-order valence-electron chi connectivity index (χ1n) is 10.7. The van der Waals surface area contributed by atoms with E-state index in [4.69, 9.17) is 4.74 Å². The minimum absolute atomic E-state index is 0.0570. The molecule has 0 fully saturated rings. The molecule has 31 heavy (non-hydrogen) atoms. The molecule has 2 aromatic rings. The van der Waals surface area contributed by atoms with Crippen molar-refractivity contribution in [3.8, 4) is 5.75 Å². The Morgan fingerprint density at radius 3 is 2.00 bits per heavy atom. The Labute approximate surface area is 184 Å². The maximum absolute atomic E-state index is 12.6. The lowest BCUT2D eigenvalue weighted by Crippen LogP contribution is -2.30. The number of hydrogen-bond acceptors (Lipinski definition) is 4. The molecule has 6 nitrogen and oxygen atoms in total. The van der Waals surface area contributed by atoms with Gasteiger partial charge in [0, 0.05) is 51.2 Å². The van der Waals surface area contributed by atoms with E-state index in [1.165, 1.54) is 4.90 Å². The molecule has 0 saturated carbocycles. The Hall–Kier alpha value is -3.15. The van der Waals surface area contributed by atoms with Crippen molar-refractivity contribution >= 4 is 17.6 Å². The van der Waals surface area contributed by atoms with Crippen LogP contribution in [0.25, 0.3) is 0 Å². The molecule has 0 spiro atoms. The van der Waals surface area contributed by atoms with Gasteiger partial charge in [0.05, 0.1) is 6.61 Å². The van der Waals surface area contributed by atoms with Gasteiger partial charge in [-0.2, -0.15) is 0 Å². The van der Waals surface area contributed by atoms with E-state index in [-0.39, 0.29) is 30.4 Å². The van der Waals surface area contributed by atoms with E-state index in [1.54, 1.807) is 55.4 Å². The molecule has 0 N–H and O–H groups in total. The highest BCUT2D eigenvalue weighted by molar-refractivity contribution is 5.98. The second kappa shape index (κ2) is 11.9. The highest BCUT2D eigenvalue weighted by Crippen LogP contribution is 2.15. The van der Waals surface area contributed by atoms with Gasteiger partial charge in [-0.3, -0.25) is 14.4 Å². The topological polar surface area (TPSA) is 66.9 Å². The van der Waals surface area contributed by atoms with Gasteiger partial charge in [-0.05, 0) is 55.3 Å². The monoisotopic (exact) mass is 424 g/mol. The Bertz CT molecular complexity index is 873. The van der Waals surface area contributed by atoms with Crippen LogP contribution < -0.4 is 4.74 Å². The van der Waals surface area contributed by atoms with Gasteiger partial charge in [0.15, 0.2) is 5.78 Å². The summed E-state index contributed by atoms with van der Waals surface area (Å²) in [5.74, 6) is 0.563. The molecule has 2 rings (SSSR count). The lowest BCUT2D eigenvalue weighted by atomic mass is 10.1. The standard InChI is InChI=1S/C25H32N2O4/c1-5-17-31-22-13-11-20(12-14-22)23(28)15-16-24(29)27(6-2)18-19-7-9-21(10-8-19)25(30)26(3)4/h7-14H,5-6,15-18H2,1-4H3. The Kier molecular flexibility index (Phi) is 9.25. The molecule has 0 aliphatic carbocycles. The molecule has 0 aromatic heterocycles. The minimum Gasteiger partial charge on any atom is -0.494 e. The lowest BCUT2D eigenvalue weighted by molar-refractivity contribution is -0.131. The normalized spacial score (nSPS) is 10.5. The average Bonchev–Trinajstić information content (AvgIpc) is 2.79. The van der Waals surface area contributed by atoms with Crippen molar-refractivity contribution in [3.63, 3.8) is 0 Å². The fourth-order valence-electron chi connectivity index (χ4n) is 3.09. The number of benzene rings is 2. The van der Waals surface area contributed by atoms with Gasteiger partial charge in [0.1, 0.15) is 5.75 Å². The van der Waals surface area contributed by atoms with Crippen LogP contribution in [0.2, 0.25) is 0 Å². The van der Waals surface area contributed by atoms with E-state index in [0.29, 0.717) is 30.8 Å². The summed E-state index contributed by atoms with van der Waals surface area (Å²) in [5.41, 5.74) is 2.14. The Morgan fingerprint density at radius 1 is 0.839 bits per heavy atom. The number of carbonyl (C=O) groups is 3. The van der Waals surface area contributed by atoms with Crippen LogP contribution in [0.1, 0.15) is 59.4 Å². The third-order valence-electron chi connectivity index (χ3n) is 4.93. The lowest BCUT2D eigenvalue weighted by Gasteiger charge is -2.21. The molecule has 2 amide bonds. The summed E-state index contributed by atoms with van der Waals surface area (Å²) in [6, 6.07) is 14.3. The van der Waals surface area contributed by atoms with E-state index >= 15 is 0 Å². The summed E-state index contributed by atoms with van der Waals surface area (Å²) in [7, 11) is 3.42. The van der Waals surface area contributed by atoms with Crippen LogP contribution in [0, 0.1) is 0 Å². The van der Waals surface area contributed by atoms with E-state index in [9.17, 15) is 14.4 Å². The van der Waals surface area contributed by atoms with Crippen molar-refractivity contribution in [2.24, 2.45) is 0 Å². The summed E-state index contributed by atoms with van der Waals surface area (Å²) in [5, 5.41) is 0. The van der Waals surface area contributed by atoms with Crippen molar-refractivity contribution in [2.45, 2.75) is 39.7 Å². The third-order valence-corrected chi connectivity index (χ3v) is 4.93. The zero-order valence-corrected chi connectivity index (χ0v) is 18.9. The maximum Gasteiger partial charge on any atom is 0.253 e. The summed E-state index contributed by atoms with van der Waals surface area (Å²) in [4.78, 5) is 40.3. The predicted octanol–water partition coefficient (Wildman–Crippen LogP) is 4.19. The van der Waals surface area contributed by atoms with E-state index in [0.717, 1.165) is 17.7 Å². The van der Waals surface area contributed by atoms with Crippen molar-refractivity contribution in [3.05, 3.63) is 65.2 Å². The molecule has 0 unspecified atom stereocenters. The Morgan fingerprint density at radius 2 is 1.45 bits per heavy atom. The number of ether oxygens (including phenoxy) is 1. The van der Waals surface area contributed by atoms with Crippen LogP contribution in [0.3, 0.4) is 0 Å². The second-order valence-corrected chi connectivity index (χ2v) is 7.60. The molecule has 0 aliphatic heterocycles. The first-order valence-corrected chi connectivity index (χ1v) is 10.7. The number of rotatable bonds is 11. The fourth-order valence-corrected chi connectivity index (χ4v) is 3.09. The van der Waals surface area contributed by atoms with Gasteiger partial charge < -0.3 is 14.5 Å². The fraction of sp³-hybridized carbons (Fsp3) is 0.400. The molecular formula is C25H32N2O4. The predicted molar refractivity (Wildman–Crippen MR) is 121 cm³/mol. The van der Waals surface area contributed by atoms with Crippen molar-refractivity contribution in [2.75, 3.05) is 27.2 Å². The SMILES string of the molecule is CCCOc1ccc(C(=O)CCC(=O)N(CC)Cc2ccc(C(=O)N(C)C)cc2)cc1. The first-order chi connectivity index (χ1) is 14.8. The van der Waals surface area contributed by atoms with Gasteiger partial charge in [0.2, 0.25) is 5.91 Å². The van der Waals surface area contributed by atoms with Crippen LogP contribution >= 0.6 is 0 Å². The van der Waals surface area contributed by atoms with E-state index in [1.807, 2.05) is 26.0 Å². The molecule has 0 heterocycles. The van der Waals surface area contributed by atoms with Crippen molar-refractivity contribution in [1.29, 1.82) is 0 Å². The molecule has 0 atom stereocenters. The van der Waals surface area contributed by atoms with Crippen LogP contribution in [0.4, 0.5) is 0 Å². The average molecular weight is 425 g/mol. The van der Waals surface area contributed by atoms with Gasteiger partial charge >= 0.3 is 0 Å². The van der Waals surface area contributed by atoms with Crippen molar-refractivity contribution in [1.82, 2.24) is 9.80 Å². The minimum atomic E-state index is -0.0628. The molecule has 0 radical (unpaired) electrons. The van der Waals surface area contributed by atoms with Crippen LogP contribution in [-0.4, -0.2) is 54.6 Å². The molecule has 6 heteroatoms. The first kappa shape index (κ1) is 24.1. The third kappa shape index (κ3) is 7.24. The Balaban J connectivity index is 1.89. The zero-order chi connectivity index (χ0) is 22.8. The zero-order valence-electron chi connectivity index (χ0n) is 18.9. The summed E-state index contributed by atoms with van der Waals surface area (Å²) in [6.45, 7) is 5.59. The molecule has 0 bridgehead atoms. The number of Topliss-reactive ketones (excluding diaryl/α,β-unsaturated/α-hetero) is 1. The van der Waals surface area contributed by atoms with E-state index < -0.39 is 0 Å². The summed E-state index contributed by atoms with van der Waals surface area (Å²) >= 11 is 0. The van der Waals surface area contributed by atoms with Gasteiger partial charge in [-0.1, -0.05) is 19.1 Å². The number of carbonyl (C=O) groups excluding carboxylic acids is 3. The number of hydrogen-bond donors (Lipinski definition) is 0. The molecule has 0 saturated heterocycles. The highest BCUT2D eigenvalue weighted by Gasteiger charge is 2.16. The highest BCUT2D eigenvalue weighted by atomic mass is 16.5. The molecular weight excluding hydrogens is 392 g/mol. The molecule has 166 valence electrons. The summed E-state index contributed by atoms with van der Waals surface area (Å²) in [6.07, 6.45) is 1.26. The quantitative estimate of drug-likeness (QED) is 0.507. The second-order valence-electron chi connectivity index (χ2n) is 7.60. The van der Waals surface area contributed by atoms with Gasteiger partial charge in [-0.15, -0.1) is 0 Å². The smallest absolute Gasteiger partial charge is 0.253 e. The largest absolute Gasteiger partial charge is 0.494 e. The number of nitrogens with zero attached hydrogens (tertiary/aromatic N) is 2. The number of amides is 2.